The predicted octanol–water partition coefficient (Wildman–Crippen LogP) is 4.81. The van der Waals surface area contributed by atoms with Crippen LogP contribution in [0.4, 0.5) is 0 Å². The van der Waals surface area contributed by atoms with Gasteiger partial charge < -0.3 is 5.32 Å². The molecule has 1 aliphatic carbocycles. The first-order valence-corrected chi connectivity index (χ1v) is 12.6. The van der Waals surface area contributed by atoms with Crippen molar-refractivity contribution < 1.29 is 13.2 Å². The molecule has 3 rings (SSSR count). The summed E-state index contributed by atoms with van der Waals surface area (Å²) in [6.07, 6.45) is 4.69. The van der Waals surface area contributed by atoms with E-state index in [1.807, 2.05) is 13.8 Å². The summed E-state index contributed by atoms with van der Waals surface area (Å²) >= 11 is 0. The number of aryl methyl sites for hydroxylation is 3. The number of benzene rings is 2. The maximum Gasteiger partial charge on any atom is 0.243 e. The van der Waals surface area contributed by atoms with E-state index in [2.05, 4.69) is 31.3 Å². The van der Waals surface area contributed by atoms with Crippen LogP contribution in [0, 0.1) is 20.8 Å². The van der Waals surface area contributed by atoms with E-state index in [9.17, 15) is 13.2 Å². The molecular weight excluding hydrogens is 408 g/mol. The summed E-state index contributed by atoms with van der Waals surface area (Å²) in [7, 11) is -3.74. The highest BCUT2D eigenvalue weighted by atomic mass is 32.2. The zero-order valence-corrected chi connectivity index (χ0v) is 19.8. The fraction of sp³-hybridized carbons (Fsp3) is 0.480. The van der Waals surface area contributed by atoms with Gasteiger partial charge in [-0.25, -0.2) is 8.42 Å². The molecule has 1 aliphatic rings. The van der Waals surface area contributed by atoms with Crippen LogP contribution < -0.4 is 5.32 Å². The van der Waals surface area contributed by atoms with Crippen molar-refractivity contribution in [1.82, 2.24) is 9.62 Å². The molecule has 1 atom stereocenters. The zero-order valence-electron chi connectivity index (χ0n) is 19.0. The van der Waals surface area contributed by atoms with Gasteiger partial charge in [0.1, 0.15) is 0 Å². The molecule has 0 aromatic heterocycles. The number of nitrogens with one attached hydrogen (secondary N) is 1. The Morgan fingerprint density at radius 2 is 1.61 bits per heavy atom. The van der Waals surface area contributed by atoms with Crippen molar-refractivity contribution in [1.29, 1.82) is 0 Å². The van der Waals surface area contributed by atoms with E-state index in [4.69, 9.17) is 0 Å². The van der Waals surface area contributed by atoms with Gasteiger partial charge in [-0.2, -0.15) is 4.31 Å². The van der Waals surface area contributed by atoms with E-state index in [1.165, 1.54) is 15.4 Å². The van der Waals surface area contributed by atoms with Crippen molar-refractivity contribution >= 4 is 15.9 Å². The molecule has 2 aromatic rings. The maximum atomic E-state index is 13.4. The highest BCUT2D eigenvalue weighted by Crippen LogP contribution is 2.28. The lowest BCUT2D eigenvalue weighted by Gasteiger charge is -2.33. The topological polar surface area (TPSA) is 66.5 Å². The third-order valence-corrected chi connectivity index (χ3v) is 8.27. The molecule has 1 saturated carbocycles. The molecule has 0 aliphatic heterocycles. The molecule has 0 unspecified atom stereocenters. The third-order valence-electron chi connectivity index (χ3n) is 6.36. The lowest BCUT2D eigenvalue weighted by molar-refractivity contribution is -0.122. The first-order valence-electron chi connectivity index (χ1n) is 11.1. The van der Waals surface area contributed by atoms with E-state index >= 15 is 0 Å². The summed E-state index contributed by atoms with van der Waals surface area (Å²) in [6.45, 7) is 7.97. The van der Waals surface area contributed by atoms with E-state index in [0.717, 1.165) is 43.2 Å². The van der Waals surface area contributed by atoms with E-state index in [1.54, 1.807) is 30.3 Å². The fourth-order valence-electron chi connectivity index (χ4n) is 4.46. The number of hydrogen-bond acceptors (Lipinski definition) is 3. The summed E-state index contributed by atoms with van der Waals surface area (Å²) in [5.74, 6) is -0.268. The average Bonchev–Trinajstić information content (AvgIpc) is 2.75. The Bertz CT molecular complexity index is 1010. The number of hydrogen-bond donors (Lipinski definition) is 1. The van der Waals surface area contributed by atoms with Crippen LogP contribution in [0.5, 0.6) is 0 Å². The number of carbonyl (C=O) groups is 1. The number of amides is 1. The van der Waals surface area contributed by atoms with Gasteiger partial charge in [-0.15, -0.1) is 0 Å². The van der Waals surface area contributed by atoms with Crippen molar-refractivity contribution in [3.05, 3.63) is 64.7 Å². The van der Waals surface area contributed by atoms with Gasteiger partial charge in [-0.1, -0.05) is 49.6 Å². The molecule has 1 fully saturated rings. The van der Waals surface area contributed by atoms with Crippen LogP contribution in [-0.4, -0.2) is 31.2 Å². The minimum absolute atomic E-state index is 0.136. The van der Waals surface area contributed by atoms with Crippen molar-refractivity contribution in [2.45, 2.75) is 76.8 Å². The van der Waals surface area contributed by atoms with Crippen molar-refractivity contribution in [3.8, 4) is 0 Å². The van der Waals surface area contributed by atoms with Crippen LogP contribution in [0.3, 0.4) is 0 Å². The maximum absolute atomic E-state index is 13.4. The first-order chi connectivity index (χ1) is 14.7. The standard InChI is InChI=1S/C25H34N2O3S/c1-18-15-20(3)24(16-19(18)2)21(4)26-25(28)17-27(22-11-7-5-8-12-22)31(29,30)23-13-9-6-10-14-23/h6,9-10,13-16,21-22H,5,7-8,11-12,17H2,1-4H3,(H,26,28)/t21-/m1/s1. The zero-order chi connectivity index (χ0) is 22.6. The Hall–Kier alpha value is -2.18. The predicted molar refractivity (Wildman–Crippen MR) is 124 cm³/mol. The second-order valence-electron chi connectivity index (χ2n) is 8.74. The molecule has 0 radical (unpaired) electrons. The van der Waals surface area contributed by atoms with Crippen molar-refractivity contribution in [2.75, 3.05) is 6.54 Å². The van der Waals surface area contributed by atoms with Crippen LogP contribution in [-0.2, 0) is 14.8 Å². The minimum atomic E-state index is -3.74. The third kappa shape index (κ3) is 5.55. The molecule has 2 aromatic carbocycles. The first kappa shape index (κ1) is 23.5. The SMILES string of the molecule is Cc1cc(C)c([C@@H](C)NC(=O)CN(C2CCCCC2)S(=O)(=O)c2ccccc2)cc1C. The Kier molecular flexibility index (Phi) is 7.55. The smallest absolute Gasteiger partial charge is 0.243 e. The number of rotatable bonds is 7. The van der Waals surface area contributed by atoms with E-state index < -0.39 is 10.0 Å². The van der Waals surface area contributed by atoms with Gasteiger partial charge in [-0.05, 0) is 74.9 Å². The molecule has 0 saturated heterocycles. The molecule has 0 heterocycles. The molecule has 0 spiro atoms. The van der Waals surface area contributed by atoms with Crippen LogP contribution >= 0.6 is 0 Å². The Labute approximate surface area is 186 Å². The Morgan fingerprint density at radius 3 is 2.26 bits per heavy atom. The Balaban J connectivity index is 1.81. The monoisotopic (exact) mass is 442 g/mol. The lowest BCUT2D eigenvalue weighted by atomic mass is 9.95. The van der Waals surface area contributed by atoms with Crippen LogP contribution in [0.1, 0.15) is 67.3 Å². The highest BCUT2D eigenvalue weighted by Gasteiger charge is 2.34. The largest absolute Gasteiger partial charge is 0.348 e. The molecule has 1 N–H and O–H groups in total. The molecule has 168 valence electrons. The van der Waals surface area contributed by atoms with Crippen LogP contribution in [0.25, 0.3) is 0 Å². The summed E-state index contributed by atoms with van der Waals surface area (Å²) in [5.41, 5.74) is 4.58. The van der Waals surface area contributed by atoms with Crippen molar-refractivity contribution in [3.63, 3.8) is 0 Å². The summed E-state index contributed by atoms with van der Waals surface area (Å²) in [6, 6.07) is 12.3. The van der Waals surface area contributed by atoms with Gasteiger partial charge in [0, 0.05) is 6.04 Å². The van der Waals surface area contributed by atoms with E-state index in [-0.39, 0.29) is 29.4 Å². The van der Waals surface area contributed by atoms with Crippen LogP contribution in [0.2, 0.25) is 0 Å². The van der Waals surface area contributed by atoms with Gasteiger partial charge in [0.2, 0.25) is 15.9 Å². The second-order valence-corrected chi connectivity index (χ2v) is 10.6. The molecular formula is C25H34N2O3S. The summed E-state index contributed by atoms with van der Waals surface area (Å²) in [4.78, 5) is 13.2. The Morgan fingerprint density at radius 1 is 1.00 bits per heavy atom. The number of nitrogens with zero attached hydrogens (tertiary/aromatic N) is 1. The summed E-state index contributed by atoms with van der Waals surface area (Å²) < 4.78 is 28.2. The van der Waals surface area contributed by atoms with Crippen LogP contribution in [0.15, 0.2) is 47.4 Å². The second kappa shape index (κ2) is 9.96. The normalized spacial score (nSPS) is 16.3. The lowest BCUT2D eigenvalue weighted by Crippen LogP contribution is -2.47. The average molecular weight is 443 g/mol. The molecule has 5 nitrogen and oxygen atoms in total. The highest BCUT2D eigenvalue weighted by molar-refractivity contribution is 7.89. The van der Waals surface area contributed by atoms with Gasteiger partial charge in [0.15, 0.2) is 0 Å². The van der Waals surface area contributed by atoms with Gasteiger partial charge in [-0.3, -0.25) is 4.79 Å². The fourth-order valence-corrected chi connectivity index (χ4v) is 6.13. The molecule has 1 amide bonds. The van der Waals surface area contributed by atoms with E-state index in [0.29, 0.717) is 0 Å². The molecule has 31 heavy (non-hydrogen) atoms. The van der Waals surface area contributed by atoms with Gasteiger partial charge in [0.25, 0.3) is 0 Å². The van der Waals surface area contributed by atoms with Gasteiger partial charge >= 0.3 is 0 Å². The quantitative estimate of drug-likeness (QED) is 0.669. The molecule has 0 bridgehead atoms. The molecule has 6 heteroatoms. The number of sulfonamides is 1. The number of carbonyl (C=O) groups excluding carboxylic acids is 1. The minimum Gasteiger partial charge on any atom is -0.348 e. The van der Waals surface area contributed by atoms with Gasteiger partial charge in [0.05, 0.1) is 17.5 Å². The summed E-state index contributed by atoms with van der Waals surface area (Å²) in [5, 5.41) is 3.03. The van der Waals surface area contributed by atoms with Crippen molar-refractivity contribution in [2.24, 2.45) is 0 Å².